The molecule has 0 amide bonds. The van der Waals surface area contributed by atoms with Crippen LogP contribution in [0.5, 0.6) is 0 Å². The molecule has 0 saturated heterocycles. The highest BCUT2D eigenvalue weighted by molar-refractivity contribution is 9.10. The molecule has 1 aromatic carbocycles. The Morgan fingerprint density at radius 1 is 1.58 bits per heavy atom. The molecule has 0 aliphatic rings. The summed E-state index contributed by atoms with van der Waals surface area (Å²) in [5.41, 5.74) is 6.93. The highest BCUT2D eigenvalue weighted by Crippen LogP contribution is 2.15. The lowest BCUT2D eigenvalue weighted by Gasteiger charge is -1.99. The normalized spacial score (nSPS) is 10.8. The Hall–Kier alpha value is -1.27. The molecule has 0 spiro atoms. The summed E-state index contributed by atoms with van der Waals surface area (Å²) >= 11 is 3.32. The minimum absolute atomic E-state index is 0.485. The maximum atomic E-state index is 8.35. The van der Waals surface area contributed by atoms with E-state index in [9.17, 15) is 0 Å². The molecule has 0 atom stereocenters. The van der Waals surface area contributed by atoms with Crippen molar-refractivity contribution in [2.45, 2.75) is 0 Å². The lowest BCUT2D eigenvalue weighted by molar-refractivity contribution is 1.48. The van der Waals surface area contributed by atoms with Crippen LogP contribution in [0.4, 0.5) is 0 Å². The number of nitrogens with two attached hydrogens (primary N) is 1. The zero-order valence-corrected chi connectivity index (χ0v) is 7.88. The number of rotatable bonds is 1. The van der Waals surface area contributed by atoms with Gasteiger partial charge in [0, 0.05) is 16.2 Å². The van der Waals surface area contributed by atoms with Gasteiger partial charge < -0.3 is 5.73 Å². The van der Waals surface area contributed by atoms with E-state index in [1.54, 1.807) is 0 Å². The van der Waals surface area contributed by atoms with Gasteiger partial charge in [0.05, 0.1) is 6.07 Å². The molecular formula is C9H7BrN2. The van der Waals surface area contributed by atoms with Gasteiger partial charge in [-0.2, -0.15) is 5.26 Å². The van der Waals surface area contributed by atoms with Crippen molar-refractivity contribution in [3.8, 4) is 6.07 Å². The van der Waals surface area contributed by atoms with Gasteiger partial charge in [-0.25, -0.2) is 0 Å². The first-order chi connectivity index (χ1) is 5.74. The third-order valence-electron chi connectivity index (χ3n) is 1.38. The first kappa shape index (κ1) is 8.82. The number of nitrogens with zero attached hydrogens (tertiary/aromatic N) is 1. The van der Waals surface area contributed by atoms with E-state index in [4.69, 9.17) is 11.0 Å². The number of halogens is 1. The van der Waals surface area contributed by atoms with E-state index in [0.29, 0.717) is 5.70 Å². The Bertz CT molecular complexity index is 350. The topological polar surface area (TPSA) is 49.8 Å². The quantitative estimate of drug-likeness (QED) is 0.742. The van der Waals surface area contributed by atoms with E-state index >= 15 is 0 Å². The second kappa shape index (κ2) is 3.93. The van der Waals surface area contributed by atoms with E-state index < -0.39 is 0 Å². The maximum Gasteiger partial charge on any atom is 0.0933 e. The van der Waals surface area contributed by atoms with Gasteiger partial charge in [-0.3, -0.25) is 0 Å². The number of hydrogen-bond donors (Lipinski definition) is 1. The SMILES string of the molecule is N#C/C=C(/N)c1cccc(Br)c1. The highest BCUT2D eigenvalue weighted by atomic mass is 79.9. The van der Waals surface area contributed by atoms with Gasteiger partial charge in [0.15, 0.2) is 0 Å². The van der Waals surface area contributed by atoms with Gasteiger partial charge in [-0.05, 0) is 17.7 Å². The fraction of sp³-hybridized carbons (Fsp3) is 0. The Balaban J connectivity index is 3.05. The van der Waals surface area contributed by atoms with Crippen LogP contribution < -0.4 is 5.73 Å². The predicted molar refractivity (Wildman–Crippen MR) is 51.9 cm³/mol. The van der Waals surface area contributed by atoms with E-state index in [1.807, 2.05) is 30.3 Å². The minimum atomic E-state index is 0.485. The van der Waals surface area contributed by atoms with Gasteiger partial charge in [-0.15, -0.1) is 0 Å². The summed E-state index contributed by atoms with van der Waals surface area (Å²) in [6.07, 6.45) is 1.32. The summed E-state index contributed by atoms with van der Waals surface area (Å²) in [5, 5.41) is 8.35. The lowest BCUT2D eigenvalue weighted by atomic mass is 10.1. The molecule has 0 heterocycles. The number of benzene rings is 1. The van der Waals surface area contributed by atoms with Crippen molar-refractivity contribution in [2.24, 2.45) is 5.73 Å². The zero-order chi connectivity index (χ0) is 8.97. The molecule has 60 valence electrons. The number of nitriles is 1. The fourth-order valence-corrected chi connectivity index (χ4v) is 1.22. The van der Waals surface area contributed by atoms with Crippen LogP contribution in [0.2, 0.25) is 0 Å². The number of allylic oxidation sites excluding steroid dienone is 1. The molecule has 2 nitrogen and oxygen atoms in total. The van der Waals surface area contributed by atoms with Crippen LogP contribution in [0.3, 0.4) is 0 Å². The van der Waals surface area contributed by atoms with Crippen LogP contribution in [-0.4, -0.2) is 0 Å². The zero-order valence-electron chi connectivity index (χ0n) is 6.29. The average Bonchev–Trinajstić information content (AvgIpc) is 2.05. The monoisotopic (exact) mass is 222 g/mol. The molecule has 0 saturated carbocycles. The fourth-order valence-electron chi connectivity index (χ4n) is 0.821. The third kappa shape index (κ3) is 2.11. The van der Waals surface area contributed by atoms with Crippen molar-refractivity contribution in [2.75, 3.05) is 0 Å². The molecule has 0 aromatic heterocycles. The molecule has 0 bridgehead atoms. The van der Waals surface area contributed by atoms with Crippen LogP contribution in [0.1, 0.15) is 5.56 Å². The second-order valence-corrected chi connectivity index (χ2v) is 3.15. The molecule has 2 N–H and O–H groups in total. The maximum absolute atomic E-state index is 8.35. The Kier molecular flexibility index (Phi) is 2.89. The van der Waals surface area contributed by atoms with E-state index in [0.717, 1.165) is 10.0 Å². The molecule has 0 aliphatic carbocycles. The van der Waals surface area contributed by atoms with Crippen LogP contribution in [0, 0.1) is 11.3 Å². The Labute approximate surface area is 79.4 Å². The largest absolute Gasteiger partial charge is 0.398 e. The van der Waals surface area contributed by atoms with E-state index in [1.165, 1.54) is 6.08 Å². The molecule has 0 fully saturated rings. The summed E-state index contributed by atoms with van der Waals surface area (Å²) in [5.74, 6) is 0. The van der Waals surface area contributed by atoms with Crippen molar-refractivity contribution in [3.05, 3.63) is 40.4 Å². The molecule has 0 unspecified atom stereocenters. The van der Waals surface area contributed by atoms with Crippen LogP contribution >= 0.6 is 15.9 Å². The molecule has 3 heteroatoms. The van der Waals surface area contributed by atoms with Crippen LogP contribution in [0.25, 0.3) is 5.70 Å². The van der Waals surface area contributed by atoms with Crippen LogP contribution in [-0.2, 0) is 0 Å². The summed E-state index contributed by atoms with van der Waals surface area (Å²) in [6.45, 7) is 0. The average molecular weight is 223 g/mol. The number of hydrogen-bond acceptors (Lipinski definition) is 2. The van der Waals surface area contributed by atoms with Crippen molar-refractivity contribution in [3.63, 3.8) is 0 Å². The predicted octanol–water partition coefficient (Wildman–Crippen LogP) is 2.27. The van der Waals surface area contributed by atoms with E-state index in [-0.39, 0.29) is 0 Å². The molecular weight excluding hydrogens is 216 g/mol. The smallest absolute Gasteiger partial charge is 0.0933 e. The van der Waals surface area contributed by atoms with Gasteiger partial charge in [0.25, 0.3) is 0 Å². The Morgan fingerprint density at radius 2 is 2.33 bits per heavy atom. The Morgan fingerprint density at radius 3 is 2.92 bits per heavy atom. The minimum Gasteiger partial charge on any atom is -0.398 e. The van der Waals surface area contributed by atoms with Gasteiger partial charge in [-0.1, -0.05) is 28.1 Å². The molecule has 1 rings (SSSR count). The summed E-state index contributed by atoms with van der Waals surface area (Å²) in [4.78, 5) is 0. The first-order valence-electron chi connectivity index (χ1n) is 3.35. The standard InChI is InChI=1S/C9H7BrN2/c10-8-3-1-2-7(6-8)9(12)4-5-11/h1-4,6H,12H2/b9-4+. The van der Waals surface area contributed by atoms with Gasteiger partial charge in [0.2, 0.25) is 0 Å². The summed E-state index contributed by atoms with van der Waals surface area (Å²) in [6, 6.07) is 9.38. The summed E-state index contributed by atoms with van der Waals surface area (Å²) < 4.78 is 0.953. The van der Waals surface area contributed by atoms with Crippen molar-refractivity contribution in [1.29, 1.82) is 5.26 Å². The molecule has 12 heavy (non-hydrogen) atoms. The third-order valence-corrected chi connectivity index (χ3v) is 1.87. The van der Waals surface area contributed by atoms with Crippen molar-refractivity contribution < 1.29 is 0 Å². The van der Waals surface area contributed by atoms with Gasteiger partial charge in [0.1, 0.15) is 0 Å². The van der Waals surface area contributed by atoms with Crippen LogP contribution in [0.15, 0.2) is 34.8 Å². The summed E-state index contributed by atoms with van der Waals surface area (Å²) in [7, 11) is 0. The van der Waals surface area contributed by atoms with Gasteiger partial charge >= 0.3 is 0 Å². The first-order valence-corrected chi connectivity index (χ1v) is 4.14. The van der Waals surface area contributed by atoms with E-state index in [2.05, 4.69) is 15.9 Å². The molecule has 0 aliphatic heterocycles. The second-order valence-electron chi connectivity index (χ2n) is 2.24. The lowest BCUT2D eigenvalue weighted by Crippen LogP contribution is -1.94. The van der Waals surface area contributed by atoms with Crippen molar-refractivity contribution in [1.82, 2.24) is 0 Å². The molecule has 1 aromatic rings. The highest BCUT2D eigenvalue weighted by Gasteiger charge is 1.95. The van der Waals surface area contributed by atoms with Crippen molar-refractivity contribution >= 4 is 21.6 Å². The molecule has 0 radical (unpaired) electrons.